The van der Waals surface area contributed by atoms with Crippen molar-refractivity contribution in [3.05, 3.63) is 30.0 Å². The molecule has 23 heavy (non-hydrogen) atoms. The van der Waals surface area contributed by atoms with Gasteiger partial charge >= 0.3 is 0 Å². The van der Waals surface area contributed by atoms with Gasteiger partial charge in [-0.05, 0) is 43.0 Å². The predicted molar refractivity (Wildman–Crippen MR) is 94.1 cm³/mol. The SMILES string of the molecule is COc1ccc2nc(CCCCCC3CCCC3)c(O)cc2c1. The number of rotatable bonds is 7. The Kier molecular flexibility index (Phi) is 5.37. The van der Waals surface area contributed by atoms with Gasteiger partial charge in [0.05, 0.1) is 18.3 Å². The molecule has 1 heterocycles. The van der Waals surface area contributed by atoms with Gasteiger partial charge in [0.1, 0.15) is 11.5 Å². The van der Waals surface area contributed by atoms with Crippen molar-refractivity contribution in [1.29, 1.82) is 0 Å². The van der Waals surface area contributed by atoms with Gasteiger partial charge in [0.2, 0.25) is 0 Å². The van der Waals surface area contributed by atoms with Crippen LogP contribution in [0.1, 0.15) is 57.1 Å². The first-order chi connectivity index (χ1) is 11.3. The van der Waals surface area contributed by atoms with Gasteiger partial charge < -0.3 is 9.84 Å². The van der Waals surface area contributed by atoms with E-state index in [1.165, 1.54) is 44.9 Å². The maximum absolute atomic E-state index is 10.2. The zero-order valence-electron chi connectivity index (χ0n) is 14.1. The molecular weight excluding hydrogens is 286 g/mol. The highest BCUT2D eigenvalue weighted by atomic mass is 16.5. The molecule has 0 spiro atoms. The Labute approximate surface area is 138 Å². The van der Waals surface area contributed by atoms with Crippen LogP contribution in [-0.2, 0) is 6.42 Å². The molecule has 0 amide bonds. The summed E-state index contributed by atoms with van der Waals surface area (Å²) < 4.78 is 5.22. The third kappa shape index (κ3) is 4.15. The number of pyridine rings is 1. The fourth-order valence-electron chi connectivity index (χ4n) is 3.70. The summed E-state index contributed by atoms with van der Waals surface area (Å²) in [6.07, 6.45) is 11.7. The quantitative estimate of drug-likeness (QED) is 0.711. The first-order valence-electron chi connectivity index (χ1n) is 8.93. The second-order valence-electron chi connectivity index (χ2n) is 6.76. The van der Waals surface area contributed by atoms with Crippen molar-refractivity contribution in [2.24, 2.45) is 5.92 Å². The Morgan fingerprint density at radius 2 is 1.96 bits per heavy atom. The van der Waals surface area contributed by atoms with Gasteiger partial charge in [0.15, 0.2) is 0 Å². The molecule has 2 aromatic rings. The molecule has 0 saturated heterocycles. The van der Waals surface area contributed by atoms with Gasteiger partial charge in [-0.2, -0.15) is 0 Å². The van der Waals surface area contributed by atoms with Crippen LogP contribution in [0.4, 0.5) is 0 Å². The highest BCUT2D eigenvalue weighted by Gasteiger charge is 2.14. The number of nitrogens with zero attached hydrogens (tertiary/aromatic N) is 1. The van der Waals surface area contributed by atoms with E-state index in [0.717, 1.165) is 41.1 Å². The normalized spacial score (nSPS) is 15.3. The Balaban J connectivity index is 1.53. The van der Waals surface area contributed by atoms with Crippen LogP contribution in [0.25, 0.3) is 10.9 Å². The van der Waals surface area contributed by atoms with Gasteiger partial charge in [-0.1, -0.05) is 44.9 Å². The Morgan fingerprint density at radius 1 is 1.13 bits per heavy atom. The van der Waals surface area contributed by atoms with Crippen molar-refractivity contribution in [2.75, 3.05) is 7.11 Å². The van der Waals surface area contributed by atoms with E-state index in [0.29, 0.717) is 5.75 Å². The maximum atomic E-state index is 10.2. The van der Waals surface area contributed by atoms with Gasteiger partial charge in [-0.25, -0.2) is 4.98 Å². The van der Waals surface area contributed by atoms with Crippen LogP contribution in [0.5, 0.6) is 11.5 Å². The molecule has 0 aliphatic heterocycles. The molecule has 1 fully saturated rings. The Hall–Kier alpha value is -1.77. The minimum absolute atomic E-state index is 0.307. The second kappa shape index (κ2) is 7.67. The number of hydrogen-bond acceptors (Lipinski definition) is 3. The highest BCUT2D eigenvalue weighted by molar-refractivity contribution is 5.81. The molecule has 1 aromatic heterocycles. The summed E-state index contributed by atoms with van der Waals surface area (Å²) in [5.41, 5.74) is 1.74. The third-order valence-corrected chi connectivity index (χ3v) is 5.08. The number of unbranched alkanes of at least 4 members (excludes halogenated alkanes) is 2. The summed E-state index contributed by atoms with van der Waals surface area (Å²) in [6, 6.07) is 7.58. The van der Waals surface area contributed by atoms with Crippen molar-refractivity contribution in [3.8, 4) is 11.5 Å². The molecular formula is C20H27NO2. The molecule has 1 aromatic carbocycles. The number of aromatic hydroxyl groups is 1. The van der Waals surface area contributed by atoms with Crippen LogP contribution in [0.2, 0.25) is 0 Å². The number of ether oxygens (including phenoxy) is 1. The van der Waals surface area contributed by atoms with Crippen LogP contribution >= 0.6 is 0 Å². The van der Waals surface area contributed by atoms with E-state index in [1.54, 1.807) is 13.2 Å². The molecule has 1 aliphatic rings. The second-order valence-corrected chi connectivity index (χ2v) is 6.76. The minimum atomic E-state index is 0.307. The predicted octanol–water partition coefficient (Wildman–Crippen LogP) is 5.24. The minimum Gasteiger partial charge on any atom is -0.506 e. The molecule has 0 unspecified atom stereocenters. The van der Waals surface area contributed by atoms with E-state index >= 15 is 0 Å². The molecule has 1 aliphatic carbocycles. The van der Waals surface area contributed by atoms with E-state index in [1.807, 2.05) is 18.2 Å². The van der Waals surface area contributed by atoms with Crippen molar-refractivity contribution in [1.82, 2.24) is 4.98 Å². The first-order valence-corrected chi connectivity index (χ1v) is 8.93. The fraction of sp³-hybridized carbons (Fsp3) is 0.550. The van der Waals surface area contributed by atoms with Gasteiger partial charge in [0.25, 0.3) is 0 Å². The van der Waals surface area contributed by atoms with E-state index in [-0.39, 0.29) is 0 Å². The lowest BCUT2D eigenvalue weighted by Gasteiger charge is -2.09. The summed E-state index contributed by atoms with van der Waals surface area (Å²) in [5, 5.41) is 11.1. The number of hydrogen-bond donors (Lipinski definition) is 1. The zero-order valence-corrected chi connectivity index (χ0v) is 14.1. The molecule has 3 heteroatoms. The molecule has 0 atom stereocenters. The molecule has 3 nitrogen and oxygen atoms in total. The summed E-state index contributed by atoms with van der Waals surface area (Å²) >= 11 is 0. The molecule has 3 rings (SSSR count). The van der Waals surface area contributed by atoms with E-state index in [4.69, 9.17) is 4.74 Å². The van der Waals surface area contributed by atoms with Crippen molar-refractivity contribution >= 4 is 10.9 Å². The molecule has 1 saturated carbocycles. The van der Waals surface area contributed by atoms with E-state index < -0.39 is 0 Å². The average Bonchev–Trinajstić information content (AvgIpc) is 3.07. The molecule has 0 radical (unpaired) electrons. The Bertz CT molecular complexity index is 647. The summed E-state index contributed by atoms with van der Waals surface area (Å²) in [4.78, 5) is 4.62. The summed E-state index contributed by atoms with van der Waals surface area (Å²) in [7, 11) is 1.65. The van der Waals surface area contributed by atoms with Crippen molar-refractivity contribution in [2.45, 2.75) is 57.8 Å². The lowest BCUT2D eigenvalue weighted by atomic mass is 9.99. The standard InChI is InChI=1S/C20H27NO2/c1-23-17-11-12-18-16(13-17)14-20(22)19(21-18)10-4-2-3-7-15-8-5-6-9-15/h11-15,22H,2-10H2,1H3. The smallest absolute Gasteiger partial charge is 0.137 e. The lowest BCUT2D eigenvalue weighted by molar-refractivity contribution is 0.415. The summed E-state index contributed by atoms with van der Waals surface area (Å²) in [5.74, 6) is 2.08. The Morgan fingerprint density at radius 3 is 2.74 bits per heavy atom. The zero-order chi connectivity index (χ0) is 16.1. The van der Waals surface area contributed by atoms with Gasteiger partial charge in [-0.3, -0.25) is 0 Å². The van der Waals surface area contributed by atoms with Crippen LogP contribution < -0.4 is 4.74 Å². The number of aryl methyl sites for hydroxylation is 1. The van der Waals surface area contributed by atoms with Crippen LogP contribution in [-0.4, -0.2) is 17.2 Å². The van der Waals surface area contributed by atoms with Crippen LogP contribution in [0, 0.1) is 5.92 Å². The molecule has 1 N–H and O–H groups in total. The number of aromatic nitrogens is 1. The van der Waals surface area contributed by atoms with Gasteiger partial charge in [0, 0.05) is 5.39 Å². The van der Waals surface area contributed by atoms with E-state index in [2.05, 4.69) is 4.98 Å². The number of fused-ring (bicyclic) bond motifs is 1. The monoisotopic (exact) mass is 313 g/mol. The largest absolute Gasteiger partial charge is 0.506 e. The molecule has 0 bridgehead atoms. The van der Waals surface area contributed by atoms with Gasteiger partial charge in [-0.15, -0.1) is 0 Å². The third-order valence-electron chi connectivity index (χ3n) is 5.08. The molecule has 124 valence electrons. The number of benzene rings is 1. The fourth-order valence-corrected chi connectivity index (χ4v) is 3.70. The average molecular weight is 313 g/mol. The van der Waals surface area contributed by atoms with Crippen LogP contribution in [0.3, 0.4) is 0 Å². The van der Waals surface area contributed by atoms with Crippen molar-refractivity contribution in [3.63, 3.8) is 0 Å². The van der Waals surface area contributed by atoms with Crippen LogP contribution in [0.15, 0.2) is 24.3 Å². The first kappa shape index (κ1) is 16.1. The topological polar surface area (TPSA) is 42.4 Å². The number of methoxy groups -OCH3 is 1. The lowest BCUT2D eigenvalue weighted by Crippen LogP contribution is -1.95. The summed E-state index contributed by atoms with van der Waals surface area (Å²) in [6.45, 7) is 0. The van der Waals surface area contributed by atoms with Crippen molar-refractivity contribution < 1.29 is 9.84 Å². The van der Waals surface area contributed by atoms with E-state index in [9.17, 15) is 5.11 Å². The maximum Gasteiger partial charge on any atom is 0.137 e. The highest BCUT2D eigenvalue weighted by Crippen LogP contribution is 2.30.